The van der Waals surface area contributed by atoms with E-state index in [9.17, 15) is 9.59 Å². The molecule has 1 heterocycles. The monoisotopic (exact) mass is 302 g/mol. The summed E-state index contributed by atoms with van der Waals surface area (Å²) >= 11 is 0. The fourth-order valence-electron chi connectivity index (χ4n) is 2.99. The molecule has 1 fully saturated rings. The van der Waals surface area contributed by atoms with Crippen LogP contribution in [0.5, 0.6) is 0 Å². The van der Waals surface area contributed by atoms with Crippen LogP contribution in [0.1, 0.15) is 37.8 Å². The van der Waals surface area contributed by atoms with E-state index in [1.807, 2.05) is 16.8 Å². The fraction of sp³-hybridized carbons (Fsp3) is 0.556. The van der Waals surface area contributed by atoms with Gasteiger partial charge in [-0.05, 0) is 30.4 Å². The van der Waals surface area contributed by atoms with Crippen LogP contribution in [-0.4, -0.2) is 41.8 Å². The minimum atomic E-state index is 0.0514. The summed E-state index contributed by atoms with van der Waals surface area (Å²) in [6.45, 7) is 5.78. The number of likely N-dealkylation sites (tertiary alicyclic amines) is 1. The molecule has 2 rings (SSSR count). The molecule has 4 nitrogen and oxygen atoms in total. The molecule has 0 aromatic heterocycles. The number of amides is 2. The van der Waals surface area contributed by atoms with Gasteiger partial charge >= 0.3 is 0 Å². The number of benzene rings is 1. The second kappa shape index (κ2) is 7.43. The van der Waals surface area contributed by atoms with Gasteiger partial charge in [-0.1, -0.05) is 31.2 Å². The summed E-state index contributed by atoms with van der Waals surface area (Å²) in [6.07, 6.45) is 2.58. The molecule has 1 aromatic carbocycles. The first kappa shape index (κ1) is 16.5. The first-order chi connectivity index (χ1) is 10.5. The molecule has 0 saturated carbocycles. The van der Waals surface area contributed by atoms with Crippen molar-refractivity contribution >= 4 is 11.8 Å². The summed E-state index contributed by atoms with van der Waals surface area (Å²) in [5.74, 6) is 0.355. The molecule has 0 unspecified atom stereocenters. The summed E-state index contributed by atoms with van der Waals surface area (Å²) in [4.78, 5) is 27.5. The van der Waals surface area contributed by atoms with Crippen LogP contribution < -0.4 is 0 Å². The highest BCUT2D eigenvalue weighted by Crippen LogP contribution is 2.20. The van der Waals surface area contributed by atoms with E-state index in [0.29, 0.717) is 19.6 Å². The Balaban J connectivity index is 1.88. The van der Waals surface area contributed by atoms with Gasteiger partial charge in [-0.3, -0.25) is 9.59 Å². The molecule has 2 amide bonds. The van der Waals surface area contributed by atoms with Crippen molar-refractivity contribution in [3.8, 4) is 0 Å². The lowest BCUT2D eigenvalue weighted by Gasteiger charge is -2.32. The largest absolute Gasteiger partial charge is 0.343 e. The number of piperidine rings is 1. The van der Waals surface area contributed by atoms with E-state index in [2.05, 4.69) is 31.2 Å². The maximum atomic E-state index is 12.5. The predicted octanol–water partition coefficient (Wildman–Crippen LogP) is 2.47. The molecule has 0 radical (unpaired) electrons. The van der Waals surface area contributed by atoms with Crippen molar-refractivity contribution in [2.45, 2.75) is 39.7 Å². The zero-order valence-electron chi connectivity index (χ0n) is 13.8. The summed E-state index contributed by atoms with van der Waals surface area (Å²) in [5.41, 5.74) is 2.48. The lowest BCUT2D eigenvalue weighted by molar-refractivity contribution is -0.139. The van der Waals surface area contributed by atoms with E-state index in [4.69, 9.17) is 0 Å². The smallest absolute Gasteiger partial charge is 0.225 e. The van der Waals surface area contributed by atoms with Gasteiger partial charge in [0.2, 0.25) is 11.8 Å². The molecule has 1 aromatic rings. The van der Waals surface area contributed by atoms with Gasteiger partial charge in [-0.25, -0.2) is 0 Å². The third-order valence-corrected chi connectivity index (χ3v) is 4.52. The van der Waals surface area contributed by atoms with Crippen molar-refractivity contribution in [3.63, 3.8) is 0 Å². The topological polar surface area (TPSA) is 40.6 Å². The maximum absolute atomic E-state index is 12.5. The number of hydrogen-bond donors (Lipinski definition) is 0. The second-order valence-electron chi connectivity index (χ2n) is 6.14. The zero-order chi connectivity index (χ0) is 16.1. The van der Waals surface area contributed by atoms with Gasteiger partial charge in [0.15, 0.2) is 0 Å². The van der Waals surface area contributed by atoms with Crippen LogP contribution in [0.3, 0.4) is 0 Å². The molecular weight excluding hydrogens is 276 g/mol. The molecule has 1 aliphatic rings. The lowest BCUT2D eigenvalue weighted by Crippen LogP contribution is -2.42. The molecule has 22 heavy (non-hydrogen) atoms. The normalized spacial score (nSPS) is 15.7. The first-order valence-corrected chi connectivity index (χ1v) is 8.09. The number of carbonyl (C=O) groups is 2. The van der Waals surface area contributed by atoms with Crippen LogP contribution in [0, 0.1) is 5.92 Å². The summed E-state index contributed by atoms with van der Waals surface area (Å²) in [5, 5.41) is 0. The average Bonchev–Trinajstić information content (AvgIpc) is 2.55. The summed E-state index contributed by atoms with van der Waals surface area (Å²) in [7, 11) is 1.87. The number of nitrogens with zero attached hydrogens (tertiary/aromatic N) is 2. The van der Waals surface area contributed by atoms with Crippen LogP contribution in [0.4, 0.5) is 0 Å². The molecule has 0 atom stereocenters. The Morgan fingerprint density at radius 3 is 2.18 bits per heavy atom. The van der Waals surface area contributed by atoms with Gasteiger partial charge in [0.05, 0.1) is 0 Å². The Morgan fingerprint density at radius 1 is 1.14 bits per heavy atom. The highest BCUT2D eigenvalue weighted by atomic mass is 16.2. The Labute approximate surface area is 133 Å². The second-order valence-corrected chi connectivity index (χ2v) is 6.14. The number of aryl methyl sites for hydroxylation is 1. The SMILES string of the molecule is CCc1ccc(CN(C)C(=O)C2CCN(C(C)=O)CC2)cc1. The van der Waals surface area contributed by atoms with Crippen LogP contribution in [0.2, 0.25) is 0 Å². The Hall–Kier alpha value is -1.84. The van der Waals surface area contributed by atoms with E-state index in [-0.39, 0.29) is 17.7 Å². The maximum Gasteiger partial charge on any atom is 0.225 e. The van der Waals surface area contributed by atoms with Crippen LogP contribution in [-0.2, 0) is 22.6 Å². The van der Waals surface area contributed by atoms with Crippen LogP contribution in [0.15, 0.2) is 24.3 Å². The van der Waals surface area contributed by atoms with Crippen molar-refractivity contribution in [2.75, 3.05) is 20.1 Å². The van der Waals surface area contributed by atoms with Gasteiger partial charge in [-0.15, -0.1) is 0 Å². The van der Waals surface area contributed by atoms with Crippen molar-refractivity contribution in [3.05, 3.63) is 35.4 Å². The molecular formula is C18H26N2O2. The minimum Gasteiger partial charge on any atom is -0.343 e. The fourth-order valence-corrected chi connectivity index (χ4v) is 2.99. The van der Waals surface area contributed by atoms with Crippen LogP contribution >= 0.6 is 0 Å². The van der Waals surface area contributed by atoms with E-state index < -0.39 is 0 Å². The molecule has 0 N–H and O–H groups in total. The van der Waals surface area contributed by atoms with Crippen molar-refractivity contribution in [1.29, 1.82) is 0 Å². The van der Waals surface area contributed by atoms with Gasteiger partial charge in [0.25, 0.3) is 0 Å². The first-order valence-electron chi connectivity index (χ1n) is 8.09. The van der Waals surface area contributed by atoms with Gasteiger partial charge in [-0.2, -0.15) is 0 Å². The molecule has 1 saturated heterocycles. The summed E-state index contributed by atoms with van der Waals surface area (Å²) < 4.78 is 0. The van der Waals surface area contributed by atoms with Crippen molar-refractivity contribution in [1.82, 2.24) is 9.80 Å². The number of carbonyl (C=O) groups excluding carboxylic acids is 2. The van der Waals surface area contributed by atoms with Crippen molar-refractivity contribution in [2.24, 2.45) is 5.92 Å². The van der Waals surface area contributed by atoms with Gasteiger partial charge < -0.3 is 9.80 Å². The highest BCUT2D eigenvalue weighted by Gasteiger charge is 2.27. The number of rotatable bonds is 4. The molecule has 0 bridgehead atoms. The number of hydrogen-bond acceptors (Lipinski definition) is 2. The third kappa shape index (κ3) is 4.09. The Morgan fingerprint density at radius 2 is 1.68 bits per heavy atom. The molecule has 0 aliphatic carbocycles. The van der Waals surface area contributed by atoms with Gasteiger partial charge in [0.1, 0.15) is 0 Å². The Kier molecular flexibility index (Phi) is 5.58. The lowest BCUT2D eigenvalue weighted by atomic mass is 9.95. The quantitative estimate of drug-likeness (QED) is 0.857. The van der Waals surface area contributed by atoms with E-state index in [0.717, 1.165) is 24.8 Å². The molecule has 1 aliphatic heterocycles. The van der Waals surface area contributed by atoms with E-state index in [1.165, 1.54) is 5.56 Å². The van der Waals surface area contributed by atoms with E-state index >= 15 is 0 Å². The van der Waals surface area contributed by atoms with Crippen LogP contribution in [0.25, 0.3) is 0 Å². The molecule has 120 valence electrons. The Bertz CT molecular complexity index is 516. The van der Waals surface area contributed by atoms with Gasteiger partial charge in [0, 0.05) is 39.5 Å². The van der Waals surface area contributed by atoms with Crippen molar-refractivity contribution < 1.29 is 9.59 Å². The predicted molar refractivity (Wildman–Crippen MR) is 87.3 cm³/mol. The zero-order valence-corrected chi connectivity index (χ0v) is 13.8. The van der Waals surface area contributed by atoms with E-state index in [1.54, 1.807) is 6.92 Å². The summed E-state index contributed by atoms with van der Waals surface area (Å²) in [6, 6.07) is 8.44. The third-order valence-electron chi connectivity index (χ3n) is 4.52. The standard InChI is InChI=1S/C18H26N2O2/c1-4-15-5-7-16(8-6-15)13-19(3)18(22)17-9-11-20(12-10-17)14(2)21/h5-8,17H,4,9-13H2,1-3H3. The minimum absolute atomic E-state index is 0.0514. The molecule has 0 spiro atoms. The highest BCUT2D eigenvalue weighted by molar-refractivity contribution is 5.79. The molecule has 4 heteroatoms. The average molecular weight is 302 g/mol.